The summed E-state index contributed by atoms with van der Waals surface area (Å²) in [5, 5.41) is 8.59. The van der Waals surface area contributed by atoms with E-state index in [1.807, 2.05) is 37.3 Å². The zero-order chi connectivity index (χ0) is 11.3. The summed E-state index contributed by atoms with van der Waals surface area (Å²) in [7, 11) is 0. The van der Waals surface area contributed by atoms with Crippen molar-refractivity contribution in [1.82, 2.24) is 0 Å². The number of carbonyl (C=O) groups is 1. The second-order valence-corrected chi connectivity index (χ2v) is 3.27. The third kappa shape index (κ3) is 3.56. The molecule has 0 saturated heterocycles. The van der Waals surface area contributed by atoms with Crippen LogP contribution in [0.2, 0.25) is 0 Å². The summed E-state index contributed by atoms with van der Waals surface area (Å²) in [6, 6.07) is 9.64. The summed E-state index contributed by atoms with van der Waals surface area (Å²) in [6.07, 6.45) is -0.123. The largest absolute Gasteiger partial charge is 0.478 e. The number of aliphatic carboxylic acids is 1. The number of hydrogen-bond acceptors (Lipinski definition) is 2. The molecule has 1 unspecified atom stereocenters. The van der Waals surface area contributed by atoms with Crippen molar-refractivity contribution in [2.24, 2.45) is 0 Å². The van der Waals surface area contributed by atoms with E-state index >= 15 is 0 Å². The molecule has 0 aliphatic rings. The van der Waals surface area contributed by atoms with Crippen LogP contribution in [-0.4, -0.2) is 17.7 Å². The standard InChI is InChI=1S/C12H14O3/c1-9(12(13)14)8-15-10(2)11-6-4-3-5-7-11/h3-7,10H,1,8H2,2H3,(H,13,14). The van der Waals surface area contributed by atoms with Crippen molar-refractivity contribution in [1.29, 1.82) is 0 Å². The Morgan fingerprint density at radius 2 is 2.07 bits per heavy atom. The van der Waals surface area contributed by atoms with E-state index < -0.39 is 5.97 Å². The lowest BCUT2D eigenvalue weighted by Gasteiger charge is -2.12. The van der Waals surface area contributed by atoms with Crippen molar-refractivity contribution < 1.29 is 14.6 Å². The van der Waals surface area contributed by atoms with Crippen LogP contribution >= 0.6 is 0 Å². The van der Waals surface area contributed by atoms with E-state index in [-0.39, 0.29) is 18.3 Å². The molecule has 0 spiro atoms. The highest BCUT2D eigenvalue weighted by Crippen LogP contribution is 2.16. The quantitative estimate of drug-likeness (QED) is 0.752. The topological polar surface area (TPSA) is 46.5 Å². The molecular weight excluding hydrogens is 192 g/mol. The predicted molar refractivity (Wildman–Crippen MR) is 57.6 cm³/mol. The molecule has 0 heterocycles. The molecule has 0 aromatic heterocycles. The number of benzene rings is 1. The lowest BCUT2D eigenvalue weighted by molar-refractivity contribution is -0.133. The van der Waals surface area contributed by atoms with Gasteiger partial charge in [-0.3, -0.25) is 0 Å². The van der Waals surface area contributed by atoms with Crippen molar-refractivity contribution in [3.63, 3.8) is 0 Å². The van der Waals surface area contributed by atoms with Gasteiger partial charge in [-0.2, -0.15) is 0 Å². The molecule has 0 aliphatic heterocycles. The Kier molecular flexibility index (Phi) is 4.06. The van der Waals surface area contributed by atoms with Gasteiger partial charge >= 0.3 is 5.97 Å². The Labute approximate surface area is 89.0 Å². The number of ether oxygens (including phenoxy) is 1. The van der Waals surface area contributed by atoms with Crippen LogP contribution in [0.4, 0.5) is 0 Å². The first-order chi connectivity index (χ1) is 7.11. The summed E-state index contributed by atoms with van der Waals surface area (Å²) in [4.78, 5) is 10.5. The average molecular weight is 206 g/mol. The van der Waals surface area contributed by atoms with E-state index in [4.69, 9.17) is 9.84 Å². The molecule has 0 fully saturated rings. The first kappa shape index (κ1) is 11.5. The van der Waals surface area contributed by atoms with Crippen LogP contribution in [0.15, 0.2) is 42.5 Å². The van der Waals surface area contributed by atoms with Crippen LogP contribution < -0.4 is 0 Å². The summed E-state index contributed by atoms with van der Waals surface area (Å²) in [5.74, 6) is -1.02. The van der Waals surface area contributed by atoms with Crippen LogP contribution in [-0.2, 0) is 9.53 Å². The average Bonchev–Trinajstić information content (AvgIpc) is 2.26. The SMILES string of the molecule is C=C(COC(C)c1ccccc1)C(=O)O. The number of rotatable bonds is 5. The normalized spacial score (nSPS) is 12.1. The van der Waals surface area contributed by atoms with Crippen molar-refractivity contribution in [3.8, 4) is 0 Å². The summed E-state index contributed by atoms with van der Waals surface area (Å²) in [5.41, 5.74) is 1.09. The minimum atomic E-state index is -1.02. The Morgan fingerprint density at radius 3 is 2.60 bits per heavy atom. The third-order valence-corrected chi connectivity index (χ3v) is 2.08. The van der Waals surface area contributed by atoms with Crippen LogP contribution in [0.5, 0.6) is 0 Å². The van der Waals surface area contributed by atoms with Gasteiger partial charge < -0.3 is 9.84 Å². The fourth-order valence-corrected chi connectivity index (χ4v) is 1.11. The molecule has 0 saturated carbocycles. The summed E-state index contributed by atoms with van der Waals surface area (Å²) in [6.45, 7) is 5.32. The van der Waals surface area contributed by atoms with Crippen molar-refractivity contribution in [2.75, 3.05) is 6.61 Å². The van der Waals surface area contributed by atoms with Gasteiger partial charge in [0.1, 0.15) is 0 Å². The molecule has 1 atom stereocenters. The van der Waals surface area contributed by atoms with Crippen molar-refractivity contribution >= 4 is 5.97 Å². The Bertz CT molecular complexity index is 343. The highest BCUT2D eigenvalue weighted by atomic mass is 16.5. The minimum absolute atomic E-state index is 0.0470. The molecule has 15 heavy (non-hydrogen) atoms. The molecular formula is C12H14O3. The zero-order valence-corrected chi connectivity index (χ0v) is 8.64. The molecule has 1 rings (SSSR count). The lowest BCUT2D eigenvalue weighted by atomic mass is 10.1. The van der Waals surface area contributed by atoms with E-state index in [2.05, 4.69) is 6.58 Å². The van der Waals surface area contributed by atoms with Gasteiger partial charge in [-0.1, -0.05) is 36.9 Å². The zero-order valence-electron chi connectivity index (χ0n) is 8.64. The highest BCUT2D eigenvalue weighted by Gasteiger charge is 2.08. The van der Waals surface area contributed by atoms with E-state index in [0.717, 1.165) is 5.56 Å². The van der Waals surface area contributed by atoms with Gasteiger partial charge in [-0.15, -0.1) is 0 Å². The van der Waals surface area contributed by atoms with E-state index in [1.54, 1.807) is 0 Å². The third-order valence-electron chi connectivity index (χ3n) is 2.08. The Balaban J connectivity index is 2.47. The monoisotopic (exact) mass is 206 g/mol. The van der Waals surface area contributed by atoms with Gasteiger partial charge in [0.15, 0.2) is 0 Å². The molecule has 1 N–H and O–H groups in total. The maximum Gasteiger partial charge on any atom is 0.333 e. The smallest absolute Gasteiger partial charge is 0.333 e. The van der Waals surface area contributed by atoms with Crippen LogP contribution in [0.3, 0.4) is 0 Å². The van der Waals surface area contributed by atoms with Crippen LogP contribution in [0.1, 0.15) is 18.6 Å². The highest BCUT2D eigenvalue weighted by molar-refractivity contribution is 5.85. The van der Waals surface area contributed by atoms with E-state index in [1.165, 1.54) is 0 Å². The van der Waals surface area contributed by atoms with Crippen molar-refractivity contribution in [3.05, 3.63) is 48.0 Å². The van der Waals surface area contributed by atoms with Crippen molar-refractivity contribution in [2.45, 2.75) is 13.0 Å². The molecule has 80 valence electrons. The van der Waals surface area contributed by atoms with E-state index in [0.29, 0.717) is 0 Å². The van der Waals surface area contributed by atoms with Crippen LogP contribution in [0, 0.1) is 0 Å². The van der Waals surface area contributed by atoms with Gasteiger partial charge in [0, 0.05) is 0 Å². The van der Waals surface area contributed by atoms with Gasteiger partial charge in [0.05, 0.1) is 18.3 Å². The maximum atomic E-state index is 10.5. The predicted octanol–water partition coefficient (Wildman–Crippen LogP) is 2.40. The van der Waals surface area contributed by atoms with Crippen LogP contribution in [0.25, 0.3) is 0 Å². The lowest BCUT2D eigenvalue weighted by Crippen LogP contribution is -2.09. The maximum absolute atomic E-state index is 10.5. The number of hydrogen-bond donors (Lipinski definition) is 1. The first-order valence-corrected chi connectivity index (χ1v) is 4.69. The van der Waals surface area contributed by atoms with Gasteiger partial charge in [0.2, 0.25) is 0 Å². The molecule has 3 nitrogen and oxygen atoms in total. The second kappa shape index (κ2) is 5.32. The molecule has 1 aromatic rings. The Morgan fingerprint density at radius 1 is 1.47 bits per heavy atom. The second-order valence-electron chi connectivity index (χ2n) is 3.27. The van der Waals surface area contributed by atoms with Gasteiger partial charge in [0.25, 0.3) is 0 Å². The summed E-state index contributed by atoms with van der Waals surface area (Å²) >= 11 is 0. The fourth-order valence-electron chi connectivity index (χ4n) is 1.11. The Hall–Kier alpha value is -1.61. The summed E-state index contributed by atoms with van der Waals surface area (Å²) < 4.78 is 5.37. The molecule has 3 heteroatoms. The van der Waals surface area contributed by atoms with Gasteiger partial charge in [-0.05, 0) is 12.5 Å². The van der Waals surface area contributed by atoms with E-state index in [9.17, 15) is 4.79 Å². The number of carboxylic acids is 1. The molecule has 0 bridgehead atoms. The molecule has 0 aliphatic carbocycles. The first-order valence-electron chi connectivity index (χ1n) is 4.69. The molecule has 0 radical (unpaired) electrons. The fraction of sp³-hybridized carbons (Fsp3) is 0.250. The number of carboxylic acid groups (broad SMARTS) is 1. The molecule has 1 aromatic carbocycles. The van der Waals surface area contributed by atoms with Gasteiger partial charge in [-0.25, -0.2) is 4.79 Å². The molecule has 0 amide bonds. The minimum Gasteiger partial charge on any atom is -0.478 e.